The van der Waals surface area contributed by atoms with Gasteiger partial charge in [0.05, 0.1) is 12.8 Å². The molecule has 0 aromatic heterocycles. The zero-order valence-electron chi connectivity index (χ0n) is 16.3. The van der Waals surface area contributed by atoms with Crippen LogP contribution in [0, 0.1) is 5.82 Å². The molecule has 0 saturated carbocycles. The van der Waals surface area contributed by atoms with Gasteiger partial charge in [0.25, 0.3) is 0 Å². The summed E-state index contributed by atoms with van der Waals surface area (Å²) in [5.74, 6) is 0.0537. The summed E-state index contributed by atoms with van der Waals surface area (Å²) in [5.41, 5.74) is 0.635. The van der Waals surface area contributed by atoms with E-state index in [1.807, 2.05) is 11.0 Å². The highest BCUT2D eigenvalue weighted by Gasteiger charge is 2.21. The third-order valence-electron chi connectivity index (χ3n) is 4.92. The summed E-state index contributed by atoms with van der Waals surface area (Å²) in [4.78, 5) is 4.33. The number of halogens is 2. The van der Waals surface area contributed by atoms with Crippen molar-refractivity contribution >= 4 is 27.3 Å². The molecular weight excluding hydrogens is 417 g/mol. The number of methoxy groups -OCH3 is 1. The lowest BCUT2D eigenvalue weighted by Crippen LogP contribution is -2.47. The van der Waals surface area contributed by atoms with E-state index in [-0.39, 0.29) is 16.5 Å². The first-order chi connectivity index (χ1) is 13.9. The minimum Gasteiger partial charge on any atom is -0.495 e. The fraction of sp³-hybridized carbons (Fsp3) is 0.400. The quantitative estimate of drug-likeness (QED) is 0.638. The van der Waals surface area contributed by atoms with Gasteiger partial charge < -0.3 is 9.64 Å². The Morgan fingerprint density at radius 1 is 1.14 bits per heavy atom. The molecule has 6 nitrogen and oxygen atoms in total. The summed E-state index contributed by atoms with van der Waals surface area (Å²) in [6, 6.07) is 11.3. The number of nitrogens with zero attached hydrogens (tertiary/aromatic N) is 2. The monoisotopic (exact) mass is 441 g/mol. The van der Waals surface area contributed by atoms with E-state index in [1.54, 1.807) is 18.2 Å². The van der Waals surface area contributed by atoms with Gasteiger partial charge in [0, 0.05) is 37.7 Å². The molecule has 1 N–H and O–H groups in total. The number of nitrogens with one attached hydrogen (secondary N) is 1. The van der Waals surface area contributed by atoms with Crippen molar-refractivity contribution in [1.29, 1.82) is 0 Å². The first-order valence-electron chi connectivity index (χ1n) is 9.46. The highest BCUT2D eigenvalue weighted by Crippen LogP contribution is 2.26. The third kappa shape index (κ3) is 5.60. The lowest BCUT2D eigenvalue weighted by molar-refractivity contribution is 0.255. The van der Waals surface area contributed by atoms with Gasteiger partial charge in [-0.15, -0.1) is 0 Å². The van der Waals surface area contributed by atoms with Crippen molar-refractivity contribution in [2.24, 2.45) is 0 Å². The Bertz CT molecular complexity index is 934. The molecule has 1 aliphatic rings. The highest BCUT2D eigenvalue weighted by atomic mass is 35.5. The summed E-state index contributed by atoms with van der Waals surface area (Å²) >= 11 is 5.93. The van der Waals surface area contributed by atoms with Crippen LogP contribution >= 0.6 is 11.6 Å². The van der Waals surface area contributed by atoms with E-state index in [4.69, 9.17) is 16.3 Å². The van der Waals surface area contributed by atoms with Crippen molar-refractivity contribution < 1.29 is 17.5 Å². The van der Waals surface area contributed by atoms with Crippen molar-refractivity contribution in [1.82, 2.24) is 9.62 Å². The Morgan fingerprint density at radius 2 is 1.86 bits per heavy atom. The van der Waals surface area contributed by atoms with Gasteiger partial charge in [0.1, 0.15) is 16.5 Å². The molecule has 0 unspecified atom stereocenters. The van der Waals surface area contributed by atoms with Crippen molar-refractivity contribution in [2.45, 2.75) is 11.3 Å². The number of ether oxygens (including phenoxy) is 1. The molecule has 0 atom stereocenters. The van der Waals surface area contributed by atoms with Crippen LogP contribution in [0.3, 0.4) is 0 Å². The Hall–Kier alpha value is -1.87. The molecule has 1 saturated heterocycles. The smallest absolute Gasteiger partial charge is 0.244 e. The number of hydrogen-bond donors (Lipinski definition) is 1. The molecule has 29 heavy (non-hydrogen) atoms. The number of benzene rings is 2. The number of sulfonamides is 1. The largest absolute Gasteiger partial charge is 0.495 e. The Morgan fingerprint density at radius 3 is 2.55 bits per heavy atom. The number of rotatable bonds is 8. The van der Waals surface area contributed by atoms with Crippen LogP contribution in [0.15, 0.2) is 47.4 Å². The van der Waals surface area contributed by atoms with E-state index >= 15 is 0 Å². The lowest BCUT2D eigenvalue weighted by atomic mass is 10.2. The molecule has 158 valence electrons. The molecule has 3 rings (SSSR count). The number of para-hydroxylation sites is 1. The topological polar surface area (TPSA) is 61.9 Å². The summed E-state index contributed by atoms with van der Waals surface area (Å²) in [6.45, 7) is 4.18. The van der Waals surface area contributed by atoms with E-state index in [0.717, 1.165) is 32.7 Å². The maximum absolute atomic E-state index is 13.9. The summed E-state index contributed by atoms with van der Waals surface area (Å²) in [7, 11) is -2.29. The average Bonchev–Trinajstić information content (AvgIpc) is 2.72. The Kier molecular flexibility index (Phi) is 7.34. The molecule has 2 aromatic carbocycles. The molecule has 9 heteroatoms. The van der Waals surface area contributed by atoms with Crippen LogP contribution in [0.1, 0.15) is 6.42 Å². The molecule has 0 spiro atoms. The second-order valence-corrected chi connectivity index (χ2v) is 9.00. The van der Waals surface area contributed by atoms with Crippen LogP contribution < -0.4 is 14.4 Å². The van der Waals surface area contributed by atoms with Crippen LogP contribution in [0.4, 0.5) is 10.1 Å². The van der Waals surface area contributed by atoms with Crippen LogP contribution in [-0.4, -0.2) is 59.7 Å². The van der Waals surface area contributed by atoms with E-state index in [1.165, 1.54) is 25.3 Å². The minimum atomic E-state index is -3.71. The van der Waals surface area contributed by atoms with Crippen molar-refractivity contribution in [3.8, 4) is 5.75 Å². The van der Waals surface area contributed by atoms with Gasteiger partial charge in [-0.2, -0.15) is 0 Å². The molecule has 0 aliphatic carbocycles. The maximum Gasteiger partial charge on any atom is 0.244 e. The maximum atomic E-state index is 13.9. The molecule has 2 aromatic rings. The van der Waals surface area contributed by atoms with E-state index < -0.39 is 10.0 Å². The van der Waals surface area contributed by atoms with Crippen LogP contribution in [-0.2, 0) is 10.0 Å². The van der Waals surface area contributed by atoms with Gasteiger partial charge in [-0.3, -0.25) is 4.90 Å². The fourth-order valence-electron chi connectivity index (χ4n) is 3.37. The molecule has 0 radical (unpaired) electrons. The molecule has 0 amide bonds. The SMILES string of the molecule is COc1ccc(Cl)cc1S(=O)(=O)NCCCN1CCN(c2ccccc2F)CC1. The summed E-state index contributed by atoms with van der Waals surface area (Å²) in [5, 5.41) is 0.332. The van der Waals surface area contributed by atoms with Crippen LogP contribution in [0.25, 0.3) is 0 Å². The summed E-state index contributed by atoms with van der Waals surface area (Å²) in [6.07, 6.45) is 0.668. The highest BCUT2D eigenvalue weighted by molar-refractivity contribution is 7.89. The predicted molar refractivity (Wildman–Crippen MR) is 113 cm³/mol. The minimum absolute atomic E-state index is 0.0333. The Balaban J connectivity index is 1.46. The van der Waals surface area contributed by atoms with Crippen LogP contribution in [0.5, 0.6) is 5.75 Å². The summed E-state index contributed by atoms with van der Waals surface area (Å²) < 4.78 is 46.7. The number of anilines is 1. The number of hydrogen-bond acceptors (Lipinski definition) is 5. The van der Waals surface area contributed by atoms with Crippen molar-refractivity contribution in [2.75, 3.05) is 51.3 Å². The zero-order chi connectivity index (χ0) is 20.9. The molecule has 0 bridgehead atoms. The van der Waals surface area contributed by atoms with E-state index in [2.05, 4.69) is 9.62 Å². The van der Waals surface area contributed by atoms with Gasteiger partial charge in [0.2, 0.25) is 10.0 Å². The molecule has 1 heterocycles. The zero-order valence-corrected chi connectivity index (χ0v) is 17.8. The van der Waals surface area contributed by atoms with Gasteiger partial charge in [-0.05, 0) is 43.3 Å². The van der Waals surface area contributed by atoms with E-state index in [0.29, 0.717) is 23.7 Å². The second kappa shape index (κ2) is 9.75. The van der Waals surface area contributed by atoms with Gasteiger partial charge in [-0.1, -0.05) is 23.7 Å². The molecule has 1 fully saturated rings. The van der Waals surface area contributed by atoms with E-state index in [9.17, 15) is 12.8 Å². The van der Waals surface area contributed by atoms with Crippen molar-refractivity contribution in [3.05, 3.63) is 53.3 Å². The van der Waals surface area contributed by atoms with Crippen molar-refractivity contribution in [3.63, 3.8) is 0 Å². The van der Waals surface area contributed by atoms with Gasteiger partial charge in [0.15, 0.2) is 0 Å². The first-order valence-corrected chi connectivity index (χ1v) is 11.3. The van der Waals surface area contributed by atoms with Gasteiger partial charge >= 0.3 is 0 Å². The predicted octanol–water partition coefficient (Wildman–Crippen LogP) is 2.98. The lowest BCUT2D eigenvalue weighted by Gasteiger charge is -2.36. The first kappa shape index (κ1) is 21.8. The number of piperazine rings is 1. The third-order valence-corrected chi connectivity index (χ3v) is 6.64. The standard InChI is InChI=1S/C20H25ClFN3O3S/c1-28-19-8-7-16(21)15-20(19)29(26,27)23-9-4-10-24-11-13-25(14-12-24)18-6-3-2-5-17(18)22/h2-3,5-8,15,23H,4,9-14H2,1H3. The van der Waals surface area contributed by atoms with Crippen LogP contribution in [0.2, 0.25) is 5.02 Å². The Labute approximate surface area is 176 Å². The average molecular weight is 442 g/mol. The fourth-order valence-corrected chi connectivity index (χ4v) is 4.87. The van der Waals surface area contributed by atoms with Gasteiger partial charge in [-0.25, -0.2) is 17.5 Å². The second-order valence-electron chi connectivity index (χ2n) is 6.83. The normalized spacial score (nSPS) is 15.5. The molecule has 1 aliphatic heterocycles. The molecular formula is C20H25ClFN3O3S.